The zero-order chi connectivity index (χ0) is 27.7. The summed E-state index contributed by atoms with van der Waals surface area (Å²) in [6, 6.07) is 10.4. The van der Waals surface area contributed by atoms with Gasteiger partial charge in [-0.05, 0) is 96.3 Å². The number of allylic oxidation sites excluding steroid dienone is 3. The first-order valence-corrected chi connectivity index (χ1v) is 14.2. The van der Waals surface area contributed by atoms with E-state index in [4.69, 9.17) is 14.2 Å². The number of benzene rings is 2. The Morgan fingerprint density at radius 2 is 1.69 bits per heavy atom. The number of Topliss-reactive ketones (excluding diaryl/α,β-unsaturated/α-hetero) is 1. The number of methoxy groups -OCH3 is 2. The Hall–Kier alpha value is -3.13. The molecule has 6 nitrogen and oxygen atoms in total. The Bertz CT molecular complexity index is 1360. The van der Waals surface area contributed by atoms with E-state index in [0.717, 1.165) is 43.4 Å². The number of halogens is 2. The summed E-state index contributed by atoms with van der Waals surface area (Å²) in [4.78, 5) is 27.5. The maximum Gasteiger partial charge on any atom is 0.337 e. The first kappa shape index (κ1) is 27.4. The van der Waals surface area contributed by atoms with Crippen LogP contribution in [0.4, 0.5) is 4.39 Å². The molecule has 2 atom stereocenters. The molecule has 0 radical (unpaired) electrons. The van der Waals surface area contributed by atoms with Crippen LogP contribution in [0.25, 0.3) is 0 Å². The molecule has 8 heteroatoms. The van der Waals surface area contributed by atoms with Gasteiger partial charge in [0.1, 0.15) is 11.9 Å². The number of rotatable bonds is 6. The van der Waals surface area contributed by atoms with Gasteiger partial charge in [-0.15, -0.1) is 0 Å². The number of ketones is 1. The Kier molecular flexibility index (Phi) is 8.12. The van der Waals surface area contributed by atoms with Gasteiger partial charge in [-0.25, -0.2) is 9.18 Å². The van der Waals surface area contributed by atoms with Gasteiger partial charge in [0.25, 0.3) is 0 Å². The summed E-state index contributed by atoms with van der Waals surface area (Å²) in [5.74, 6) is -0.362. The Balaban J connectivity index is 1.53. The highest BCUT2D eigenvalue weighted by molar-refractivity contribution is 9.10. The molecule has 1 saturated carbocycles. The number of nitrogens with one attached hydrogen (secondary N) is 1. The third-order valence-corrected chi connectivity index (χ3v) is 8.64. The summed E-state index contributed by atoms with van der Waals surface area (Å²) in [5.41, 5.74) is 4.04. The monoisotopic (exact) mass is 597 g/mol. The molecule has 39 heavy (non-hydrogen) atoms. The molecule has 1 heterocycles. The second-order valence-electron chi connectivity index (χ2n) is 10.5. The molecule has 1 aliphatic heterocycles. The minimum Gasteiger partial charge on any atom is -0.493 e. The van der Waals surface area contributed by atoms with Gasteiger partial charge < -0.3 is 19.5 Å². The molecule has 1 fully saturated rings. The summed E-state index contributed by atoms with van der Waals surface area (Å²) in [6.07, 6.45) is 5.64. The molecule has 1 N–H and O–H groups in total. The molecule has 0 saturated heterocycles. The Morgan fingerprint density at radius 3 is 2.38 bits per heavy atom. The highest BCUT2D eigenvalue weighted by Crippen LogP contribution is 2.47. The van der Waals surface area contributed by atoms with Crippen LogP contribution in [0.3, 0.4) is 0 Å². The van der Waals surface area contributed by atoms with E-state index in [1.165, 1.54) is 6.07 Å². The van der Waals surface area contributed by atoms with Crippen LogP contribution < -0.4 is 14.8 Å². The highest BCUT2D eigenvalue weighted by atomic mass is 79.9. The molecule has 0 spiro atoms. The molecular weight excluding hydrogens is 565 g/mol. The summed E-state index contributed by atoms with van der Waals surface area (Å²) in [7, 11) is 3.18. The molecule has 3 aliphatic rings. The molecule has 2 aromatic rings. The van der Waals surface area contributed by atoms with Crippen molar-refractivity contribution in [2.24, 2.45) is 0 Å². The van der Waals surface area contributed by atoms with Gasteiger partial charge in [0, 0.05) is 29.3 Å². The van der Waals surface area contributed by atoms with Crippen LogP contribution >= 0.6 is 15.9 Å². The smallest absolute Gasteiger partial charge is 0.337 e. The van der Waals surface area contributed by atoms with Gasteiger partial charge in [-0.1, -0.05) is 18.6 Å². The third-order valence-electron chi connectivity index (χ3n) is 8.03. The Morgan fingerprint density at radius 1 is 0.974 bits per heavy atom. The van der Waals surface area contributed by atoms with Gasteiger partial charge in [0.15, 0.2) is 17.3 Å². The number of hydrogen-bond acceptors (Lipinski definition) is 6. The molecule has 2 aromatic carbocycles. The maximum atomic E-state index is 14.2. The number of carbonyl (C=O) groups excluding carboxylic acids is 2. The molecular formula is C31H33BrFNO5. The Labute approximate surface area is 236 Å². The zero-order valence-corrected chi connectivity index (χ0v) is 24.0. The summed E-state index contributed by atoms with van der Waals surface area (Å²) >= 11 is 3.29. The molecule has 5 rings (SSSR count). The number of esters is 1. The van der Waals surface area contributed by atoms with Crippen molar-refractivity contribution in [2.45, 2.75) is 69.8 Å². The van der Waals surface area contributed by atoms with Crippen molar-refractivity contribution in [1.29, 1.82) is 0 Å². The second kappa shape index (κ2) is 11.5. The zero-order valence-electron chi connectivity index (χ0n) is 22.4. The van der Waals surface area contributed by atoms with Crippen LogP contribution in [-0.4, -0.2) is 32.1 Å². The third kappa shape index (κ3) is 5.49. The predicted molar refractivity (Wildman–Crippen MR) is 149 cm³/mol. The van der Waals surface area contributed by atoms with Crippen molar-refractivity contribution in [3.63, 3.8) is 0 Å². The van der Waals surface area contributed by atoms with E-state index < -0.39 is 17.7 Å². The fourth-order valence-corrected chi connectivity index (χ4v) is 6.47. The van der Waals surface area contributed by atoms with E-state index in [0.29, 0.717) is 40.3 Å². The average Bonchev–Trinajstić information content (AvgIpc) is 2.93. The van der Waals surface area contributed by atoms with Crippen LogP contribution in [-0.2, 0) is 14.3 Å². The lowest BCUT2D eigenvalue weighted by Gasteiger charge is -2.37. The van der Waals surface area contributed by atoms with Gasteiger partial charge >= 0.3 is 5.97 Å². The van der Waals surface area contributed by atoms with E-state index in [2.05, 4.69) is 21.2 Å². The lowest BCUT2D eigenvalue weighted by atomic mass is 9.71. The molecule has 0 bridgehead atoms. The number of dihydropyridines is 1. The summed E-state index contributed by atoms with van der Waals surface area (Å²) in [5, 5.41) is 3.39. The van der Waals surface area contributed by atoms with Crippen LogP contribution in [0.2, 0.25) is 0 Å². The van der Waals surface area contributed by atoms with Crippen LogP contribution in [0.5, 0.6) is 11.5 Å². The SMILES string of the molecule is COc1ccc(C2CC(=O)C3=C(C2)NC(C)=C(C(=O)OC2CCCCC2)C3c2ccc(F)c(Br)c2)cc1OC. The molecule has 2 unspecified atom stereocenters. The first-order valence-electron chi connectivity index (χ1n) is 13.4. The van der Waals surface area contributed by atoms with E-state index in [1.54, 1.807) is 26.4 Å². The largest absolute Gasteiger partial charge is 0.493 e. The summed E-state index contributed by atoms with van der Waals surface area (Å²) < 4.78 is 31.3. The van der Waals surface area contributed by atoms with E-state index >= 15 is 0 Å². The van der Waals surface area contributed by atoms with Crippen molar-refractivity contribution < 1.29 is 28.2 Å². The van der Waals surface area contributed by atoms with E-state index in [1.807, 2.05) is 25.1 Å². The van der Waals surface area contributed by atoms with Crippen molar-refractivity contribution >= 4 is 27.7 Å². The molecule has 206 valence electrons. The first-order chi connectivity index (χ1) is 18.8. The number of ether oxygens (including phenoxy) is 3. The fraction of sp³-hybridized carbons (Fsp3) is 0.419. The number of carbonyl (C=O) groups is 2. The van der Waals surface area contributed by atoms with Crippen LogP contribution in [0.1, 0.15) is 74.8 Å². The topological polar surface area (TPSA) is 73.9 Å². The van der Waals surface area contributed by atoms with Crippen molar-refractivity contribution in [3.8, 4) is 11.5 Å². The predicted octanol–water partition coefficient (Wildman–Crippen LogP) is 6.84. The minimum atomic E-state index is -0.645. The van der Waals surface area contributed by atoms with Crippen molar-refractivity contribution in [1.82, 2.24) is 5.32 Å². The fourth-order valence-electron chi connectivity index (χ4n) is 6.08. The lowest BCUT2D eigenvalue weighted by Crippen LogP contribution is -2.37. The minimum absolute atomic E-state index is 0.0514. The van der Waals surface area contributed by atoms with Crippen molar-refractivity contribution in [3.05, 3.63) is 80.4 Å². The normalized spacial score (nSPS) is 21.8. The standard InChI is InChI=1S/C31H33BrFNO5/c1-17-28(31(36)39-21-7-5-4-6-8-21)29(19-9-11-23(33)22(32)13-19)30-24(34-17)14-20(15-25(30)35)18-10-12-26(37-2)27(16-18)38-3/h9-13,16,20-21,29,34H,4-8,14-15H2,1-3H3. The number of hydrogen-bond donors (Lipinski definition) is 1. The average molecular weight is 599 g/mol. The molecule has 0 amide bonds. The van der Waals surface area contributed by atoms with E-state index in [-0.39, 0.29) is 28.7 Å². The summed E-state index contributed by atoms with van der Waals surface area (Å²) in [6.45, 7) is 1.84. The lowest BCUT2D eigenvalue weighted by molar-refractivity contribution is -0.146. The highest BCUT2D eigenvalue weighted by Gasteiger charge is 2.42. The van der Waals surface area contributed by atoms with Gasteiger partial charge in [-0.2, -0.15) is 0 Å². The quantitative estimate of drug-likeness (QED) is 0.367. The van der Waals surface area contributed by atoms with Crippen molar-refractivity contribution in [2.75, 3.05) is 14.2 Å². The second-order valence-corrected chi connectivity index (χ2v) is 11.3. The van der Waals surface area contributed by atoms with Gasteiger partial charge in [-0.3, -0.25) is 4.79 Å². The van der Waals surface area contributed by atoms with Crippen LogP contribution in [0, 0.1) is 5.82 Å². The maximum absolute atomic E-state index is 14.2. The molecule has 0 aromatic heterocycles. The van der Waals surface area contributed by atoms with Crippen LogP contribution in [0.15, 0.2) is 63.4 Å². The van der Waals surface area contributed by atoms with Gasteiger partial charge in [0.2, 0.25) is 0 Å². The van der Waals surface area contributed by atoms with Gasteiger partial charge in [0.05, 0.1) is 24.3 Å². The molecule has 2 aliphatic carbocycles. The van der Waals surface area contributed by atoms with E-state index in [9.17, 15) is 14.0 Å².